The van der Waals surface area contributed by atoms with Crippen LogP contribution in [0.5, 0.6) is 0 Å². The molecule has 0 aliphatic rings. The maximum Gasteiger partial charge on any atom is 0.322 e. The molecule has 0 aromatic carbocycles. The summed E-state index contributed by atoms with van der Waals surface area (Å²) in [5.74, 6) is -4.01. The highest BCUT2D eigenvalue weighted by Gasteiger charge is 2.27. The average Bonchev–Trinajstić information content (AvgIpc) is 2.72. The van der Waals surface area contributed by atoms with Crippen LogP contribution in [0.25, 0.3) is 0 Å². The highest BCUT2D eigenvalue weighted by atomic mass is 16.4. The number of carboxylic acid groups (broad SMARTS) is 1. The zero-order valence-electron chi connectivity index (χ0n) is 19.4. The number of hydrogen-bond donors (Lipinski definition) is 8. The van der Waals surface area contributed by atoms with Gasteiger partial charge in [0, 0.05) is 6.54 Å². The van der Waals surface area contributed by atoms with Crippen LogP contribution in [0.15, 0.2) is 4.99 Å². The highest BCUT2D eigenvalue weighted by Crippen LogP contribution is 2.01. The van der Waals surface area contributed by atoms with Crippen molar-refractivity contribution in [3.05, 3.63) is 0 Å². The lowest BCUT2D eigenvalue weighted by Gasteiger charge is -2.23. The molecule has 0 saturated heterocycles. The second-order valence-electron chi connectivity index (χ2n) is 7.85. The molecule has 0 unspecified atom stereocenters. The Morgan fingerprint density at radius 1 is 0.848 bits per heavy atom. The van der Waals surface area contributed by atoms with E-state index in [4.69, 9.17) is 22.3 Å². The van der Waals surface area contributed by atoms with Crippen LogP contribution in [0.3, 0.4) is 0 Å². The number of carbonyl (C=O) groups is 5. The van der Waals surface area contributed by atoms with Crippen LogP contribution >= 0.6 is 0 Å². The number of nitrogens with one attached hydrogen (secondary N) is 4. The van der Waals surface area contributed by atoms with Crippen molar-refractivity contribution in [2.24, 2.45) is 28.1 Å². The fourth-order valence-electron chi connectivity index (χ4n) is 2.44. The number of aliphatic carboxylic acids is 1. The van der Waals surface area contributed by atoms with Crippen molar-refractivity contribution in [3.8, 4) is 0 Å². The lowest BCUT2D eigenvalue weighted by molar-refractivity contribution is -0.138. The third-order valence-electron chi connectivity index (χ3n) is 4.52. The summed E-state index contributed by atoms with van der Waals surface area (Å²) in [6, 6.07) is -3.87. The van der Waals surface area contributed by atoms with E-state index in [0.29, 0.717) is 6.42 Å². The van der Waals surface area contributed by atoms with Crippen molar-refractivity contribution in [2.45, 2.75) is 64.7 Å². The van der Waals surface area contributed by atoms with E-state index in [0.717, 1.165) is 0 Å². The first-order chi connectivity index (χ1) is 15.3. The Morgan fingerprint density at radius 2 is 1.36 bits per heavy atom. The molecule has 0 radical (unpaired) electrons. The molecule has 188 valence electrons. The van der Waals surface area contributed by atoms with Gasteiger partial charge in [0.25, 0.3) is 0 Å². The molecule has 4 amide bonds. The molecule has 0 aliphatic heterocycles. The maximum absolute atomic E-state index is 12.5. The van der Waals surface area contributed by atoms with Crippen molar-refractivity contribution in [1.82, 2.24) is 21.3 Å². The number of aliphatic imine (C=N–C) groups is 1. The smallest absolute Gasteiger partial charge is 0.322 e. The highest BCUT2D eigenvalue weighted by molar-refractivity contribution is 5.94. The Bertz CT molecular complexity index is 738. The van der Waals surface area contributed by atoms with E-state index in [9.17, 15) is 24.0 Å². The molecule has 0 heterocycles. The fraction of sp³-hybridized carbons (Fsp3) is 0.684. The number of amides is 4. The topological polar surface area (TPSA) is 244 Å². The molecule has 0 spiro atoms. The molecule has 0 aliphatic carbocycles. The zero-order chi connectivity index (χ0) is 25.7. The van der Waals surface area contributed by atoms with Crippen LogP contribution < -0.4 is 38.5 Å². The summed E-state index contributed by atoms with van der Waals surface area (Å²) in [6.45, 7) is 5.94. The van der Waals surface area contributed by atoms with Gasteiger partial charge in [0.15, 0.2) is 5.96 Å². The Balaban J connectivity index is 4.97. The summed E-state index contributed by atoms with van der Waals surface area (Å²) in [7, 11) is 0. The van der Waals surface area contributed by atoms with E-state index >= 15 is 0 Å². The molecule has 0 aromatic heterocycles. The molecular weight excluding hydrogens is 436 g/mol. The second-order valence-corrected chi connectivity index (χ2v) is 7.85. The van der Waals surface area contributed by atoms with Gasteiger partial charge >= 0.3 is 5.97 Å². The molecule has 11 N–H and O–H groups in total. The van der Waals surface area contributed by atoms with Crippen LogP contribution in [0.1, 0.15) is 40.5 Å². The molecule has 4 atom stereocenters. The van der Waals surface area contributed by atoms with E-state index in [1.165, 1.54) is 13.8 Å². The summed E-state index contributed by atoms with van der Waals surface area (Å²) < 4.78 is 0. The maximum atomic E-state index is 12.5. The van der Waals surface area contributed by atoms with Gasteiger partial charge < -0.3 is 43.6 Å². The Hall–Kier alpha value is -3.42. The molecular formula is C19H36N8O6. The molecule has 14 heteroatoms. The lowest BCUT2D eigenvalue weighted by Crippen LogP contribution is -2.56. The summed E-state index contributed by atoms with van der Waals surface area (Å²) in [6.07, 6.45) is 0.442. The van der Waals surface area contributed by atoms with Gasteiger partial charge in [0.1, 0.15) is 24.7 Å². The quantitative estimate of drug-likeness (QED) is 0.0716. The summed E-state index contributed by atoms with van der Waals surface area (Å²) in [5, 5.41) is 18.3. The minimum Gasteiger partial charge on any atom is -0.480 e. The van der Waals surface area contributed by atoms with Gasteiger partial charge in [-0.15, -0.1) is 0 Å². The minimum absolute atomic E-state index is 0.119. The van der Waals surface area contributed by atoms with Gasteiger partial charge in [-0.05, 0) is 32.6 Å². The Morgan fingerprint density at radius 3 is 1.85 bits per heavy atom. The van der Waals surface area contributed by atoms with Crippen LogP contribution in [0.4, 0.5) is 0 Å². The van der Waals surface area contributed by atoms with Gasteiger partial charge in [0.2, 0.25) is 23.6 Å². The fourth-order valence-corrected chi connectivity index (χ4v) is 2.44. The zero-order valence-corrected chi connectivity index (χ0v) is 19.4. The molecule has 33 heavy (non-hydrogen) atoms. The minimum atomic E-state index is -1.25. The van der Waals surface area contributed by atoms with Crippen molar-refractivity contribution >= 4 is 35.6 Å². The Labute approximate surface area is 192 Å². The number of hydrogen-bond acceptors (Lipinski definition) is 7. The standard InChI is InChI=1S/C19H36N8O6/c1-9(2)14(20)18(33)26-10(3)15(30)25-11(4)16(31)27-12(6-5-7-23-19(21)22)17(32)24-8-13(28)29/h9-12,14H,5-8,20H2,1-4H3,(H,24,32)(H,25,30)(H,26,33)(H,27,31)(H,28,29)(H4,21,22,23)/t10-,11-,12-,14-/m0/s1. The molecule has 0 aromatic rings. The van der Waals surface area contributed by atoms with Crippen molar-refractivity contribution in [3.63, 3.8) is 0 Å². The monoisotopic (exact) mass is 472 g/mol. The van der Waals surface area contributed by atoms with E-state index < -0.39 is 60.3 Å². The van der Waals surface area contributed by atoms with Gasteiger partial charge in [-0.25, -0.2) is 0 Å². The predicted molar refractivity (Wildman–Crippen MR) is 121 cm³/mol. The summed E-state index contributed by atoms with van der Waals surface area (Å²) in [5.41, 5.74) is 16.2. The first-order valence-electron chi connectivity index (χ1n) is 10.5. The van der Waals surface area contributed by atoms with E-state index in [-0.39, 0.29) is 24.8 Å². The van der Waals surface area contributed by atoms with Crippen molar-refractivity contribution < 1.29 is 29.1 Å². The van der Waals surface area contributed by atoms with Gasteiger partial charge in [-0.3, -0.25) is 29.0 Å². The number of nitrogens with zero attached hydrogens (tertiary/aromatic N) is 1. The molecule has 0 saturated carbocycles. The SMILES string of the molecule is CC(C)[C@H](N)C(=O)N[C@@H](C)C(=O)N[C@@H](C)C(=O)N[C@@H](CCCN=C(N)N)C(=O)NCC(=O)O. The first kappa shape index (κ1) is 29.6. The van der Waals surface area contributed by atoms with Crippen LogP contribution in [-0.2, 0) is 24.0 Å². The van der Waals surface area contributed by atoms with Gasteiger partial charge in [0.05, 0.1) is 6.04 Å². The lowest BCUT2D eigenvalue weighted by atomic mass is 10.0. The molecule has 0 bridgehead atoms. The molecule has 14 nitrogen and oxygen atoms in total. The van der Waals surface area contributed by atoms with Crippen molar-refractivity contribution in [2.75, 3.05) is 13.1 Å². The number of rotatable bonds is 14. The predicted octanol–water partition coefficient (Wildman–Crippen LogP) is -3.28. The molecule has 0 fully saturated rings. The largest absolute Gasteiger partial charge is 0.480 e. The van der Waals surface area contributed by atoms with Crippen LogP contribution in [0.2, 0.25) is 0 Å². The number of nitrogens with two attached hydrogens (primary N) is 3. The Kier molecular flexibility index (Phi) is 13.1. The van der Waals surface area contributed by atoms with Gasteiger partial charge in [-0.1, -0.05) is 13.8 Å². The van der Waals surface area contributed by atoms with Crippen molar-refractivity contribution in [1.29, 1.82) is 0 Å². The van der Waals surface area contributed by atoms with Crippen LogP contribution in [0, 0.1) is 5.92 Å². The first-order valence-corrected chi connectivity index (χ1v) is 10.5. The number of carboxylic acids is 1. The second kappa shape index (κ2) is 14.6. The van der Waals surface area contributed by atoms with Crippen LogP contribution in [-0.4, -0.2) is 77.9 Å². The van der Waals surface area contributed by atoms with E-state index in [2.05, 4.69) is 26.3 Å². The van der Waals surface area contributed by atoms with Gasteiger partial charge in [-0.2, -0.15) is 0 Å². The van der Waals surface area contributed by atoms with E-state index in [1.807, 2.05) is 0 Å². The molecule has 0 rings (SSSR count). The summed E-state index contributed by atoms with van der Waals surface area (Å²) in [4.78, 5) is 63.6. The third kappa shape index (κ3) is 12.3. The summed E-state index contributed by atoms with van der Waals surface area (Å²) >= 11 is 0. The average molecular weight is 473 g/mol. The number of carbonyl (C=O) groups excluding carboxylic acids is 4. The van der Waals surface area contributed by atoms with E-state index in [1.54, 1.807) is 13.8 Å². The number of guanidine groups is 1. The third-order valence-corrected chi connectivity index (χ3v) is 4.52. The normalized spacial score (nSPS) is 14.2.